The van der Waals surface area contributed by atoms with E-state index in [1.54, 1.807) is 0 Å². The van der Waals surface area contributed by atoms with Gasteiger partial charge in [0.1, 0.15) is 0 Å². The Balaban J connectivity index is 3.00. The fraction of sp³-hybridized carbons (Fsp3) is 0.571. The molecule has 0 unspecified atom stereocenters. The van der Waals surface area contributed by atoms with Crippen molar-refractivity contribution in [3.63, 3.8) is 0 Å². The van der Waals surface area contributed by atoms with Crippen LogP contribution in [0.5, 0.6) is 5.75 Å². The van der Waals surface area contributed by atoms with Crippen LogP contribution >= 0.6 is 0 Å². The van der Waals surface area contributed by atoms with Gasteiger partial charge in [0, 0.05) is 11.1 Å². The SMILES string of the molecule is CC(C)(C)Nc1cccc(NC(C)(C)C)c1O. The fourth-order valence-electron chi connectivity index (χ4n) is 1.55. The molecule has 0 aliphatic rings. The third kappa shape index (κ3) is 4.55. The Labute approximate surface area is 104 Å². The van der Waals surface area contributed by atoms with Gasteiger partial charge in [-0.1, -0.05) is 6.07 Å². The maximum absolute atomic E-state index is 10.2. The van der Waals surface area contributed by atoms with E-state index in [4.69, 9.17) is 0 Å². The minimum Gasteiger partial charge on any atom is -0.504 e. The van der Waals surface area contributed by atoms with E-state index in [1.807, 2.05) is 18.2 Å². The van der Waals surface area contributed by atoms with Crippen molar-refractivity contribution in [1.29, 1.82) is 0 Å². The van der Waals surface area contributed by atoms with E-state index in [2.05, 4.69) is 52.2 Å². The van der Waals surface area contributed by atoms with Crippen LogP contribution in [-0.2, 0) is 0 Å². The summed E-state index contributed by atoms with van der Waals surface area (Å²) in [6.07, 6.45) is 0. The lowest BCUT2D eigenvalue weighted by Crippen LogP contribution is -2.27. The van der Waals surface area contributed by atoms with Crippen LogP contribution in [0.2, 0.25) is 0 Å². The van der Waals surface area contributed by atoms with Crippen LogP contribution in [0, 0.1) is 0 Å². The minimum atomic E-state index is -0.0716. The van der Waals surface area contributed by atoms with Gasteiger partial charge in [-0.25, -0.2) is 0 Å². The van der Waals surface area contributed by atoms with Gasteiger partial charge in [-0.05, 0) is 53.7 Å². The lowest BCUT2D eigenvalue weighted by molar-refractivity contribution is 0.473. The van der Waals surface area contributed by atoms with E-state index >= 15 is 0 Å². The number of rotatable bonds is 2. The number of nitrogens with one attached hydrogen (secondary N) is 2. The predicted octanol–water partition coefficient (Wildman–Crippen LogP) is 3.81. The molecule has 1 rings (SSSR count). The maximum Gasteiger partial charge on any atom is 0.162 e. The van der Waals surface area contributed by atoms with Gasteiger partial charge < -0.3 is 15.7 Å². The molecule has 0 saturated heterocycles. The average Bonchev–Trinajstić information content (AvgIpc) is 2.07. The Hall–Kier alpha value is -1.38. The minimum absolute atomic E-state index is 0.0716. The van der Waals surface area contributed by atoms with Crippen LogP contribution in [0.4, 0.5) is 11.4 Å². The first kappa shape index (κ1) is 13.7. The zero-order valence-corrected chi connectivity index (χ0v) is 11.7. The molecule has 3 heteroatoms. The molecule has 0 aliphatic carbocycles. The Kier molecular flexibility index (Phi) is 3.60. The zero-order chi connectivity index (χ0) is 13.3. The summed E-state index contributed by atoms with van der Waals surface area (Å²) in [5.41, 5.74) is 1.37. The molecule has 0 aromatic heterocycles. The first-order valence-electron chi connectivity index (χ1n) is 5.97. The number of para-hydroxylation sites is 1. The van der Waals surface area contributed by atoms with Crippen molar-refractivity contribution in [1.82, 2.24) is 0 Å². The summed E-state index contributed by atoms with van der Waals surface area (Å²) in [6, 6.07) is 5.70. The van der Waals surface area contributed by atoms with Crippen molar-refractivity contribution in [2.75, 3.05) is 10.6 Å². The summed E-state index contributed by atoms with van der Waals surface area (Å²) in [7, 11) is 0. The summed E-state index contributed by atoms with van der Waals surface area (Å²) in [5, 5.41) is 16.8. The van der Waals surface area contributed by atoms with Gasteiger partial charge in [0.15, 0.2) is 5.75 Å². The van der Waals surface area contributed by atoms with Gasteiger partial charge in [-0.3, -0.25) is 0 Å². The number of phenols is 1. The molecule has 0 amide bonds. The van der Waals surface area contributed by atoms with Crippen LogP contribution in [0.15, 0.2) is 18.2 Å². The number of hydrogen-bond donors (Lipinski definition) is 3. The van der Waals surface area contributed by atoms with E-state index in [1.165, 1.54) is 0 Å². The van der Waals surface area contributed by atoms with Crippen LogP contribution < -0.4 is 10.6 Å². The van der Waals surface area contributed by atoms with Crippen LogP contribution in [0.25, 0.3) is 0 Å². The Morgan fingerprint density at radius 1 is 0.824 bits per heavy atom. The highest BCUT2D eigenvalue weighted by Gasteiger charge is 2.16. The molecule has 0 bridgehead atoms. The molecule has 0 fully saturated rings. The molecule has 1 aromatic rings. The molecule has 0 radical (unpaired) electrons. The maximum atomic E-state index is 10.2. The Morgan fingerprint density at radius 3 is 1.47 bits per heavy atom. The zero-order valence-electron chi connectivity index (χ0n) is 11.7. The normalized spacial score (nSPS) is 12.4. The molecular formula is C14H24N2O. The topological polar surface area (TPSA) is 44.3 Å². The van der Waals surface area contributed by atoms with Gasteiger partial charge in [0.25, 0.3) is 0 Å². The molecule has 0 atom stereocenters. The number of benzene rings is 1. The van der Waals surface area contributed by atoms with Crippen molar-refractivity contribution in [2.45, 2.75) is 52.6 Å². The van der Waals surface area contributed by atoms with Crippen molar-refractivity contribution in [3.8, 4) is 5.75 Å². The molecule has 96 valence electrons. The van der Waals surface area contributed by atoms with Gasteiger partial charge >= 0.3 is 0 Å². The average molecular weight is 236 g/mol. The second-order valence-corrected chi connectivity index (χ2v) is 6.45. The van der Waals surface area contributed by atoms with Crippen LogP contribution in [0.3, 0.4) is 0 Å². The van der Waals surface area contributed by atoms with Gasteiger partial charge in [0.05, 0.1) is 11.4 Å². The summed E-state index contributed by atoms with van der Waals surface area (Å²) in [4.78, 5) is 0. The van der Waals surface area contributed by atoms with Crippen molar-refractivity contribution in [3.05, 3.63) is 18.2 Å². The first-order chi connectivity index (χ1) is 7.58. The third-order valence-corrected chi connectivity index (χ3v) is 2.06. The lowest BCUT2D eigenvalue weighted by atomic mass is 10.1. The standard InChI is InChI=1S/C14H24N2O/c1-13(2,3)15-10-8-7-9-11(12(10)17)16-14(4,5)6/h7-9,15-17H,1-6H3. The molecule has 0 spiro atoms. The second-order valence-electron chi connectivity index (χ2n) is 6.45. The molecule has 0 aliphatic heterocycles. The summed E-state index contributed by atoms with van der Waals surface area (Å²) < 4.78 is 0. The molecular weight excluding hydrogens is 212 g/mol. The Bertz CT molecular complexity index is 352. The summed E-state index contributed by atoms with van der Waals surface area (Å²) >= 11 is 0. The highest BCUT2D eigenvalue weighted by molar-refractivity contribution is 5.71. The monoisotopic (exact) mass is 236 g/mol. The number of phenolic OH excluding ortho intramolecular Hbond substituents is 1. The number of hydrogen-bond acceptors (Lipinski definition) is 3. The predicted molar refractivity (Wildman–Crippen MR) is 74.9 cm³/mol. The third-order valence-electron chi connectivity index (χ3n) is 2.06. The van der Waals surface area contributed by atoms with E-state index in [9.17, 15) is 5.11 Å². The quantitative estimate of drug-likeness (QED) is 0.684. The van der Waals surface area contributed by atoms with E-state index in [-0.39, 0.29) is 16.8 Å². The lowest BCUT2D eigenvalue weighted by Gasteiger charge is -2.26. The van der Waals surface area contributed by atoms with Crippen molar-refractivity contribution in [2.24, 2.45) is 0 Å². The smallest absolute Gasteiger partial charge is 0.162 e. The van der Waals surface area contributed by atoms with Gasteiger partial charge in [-0.15, -0.1) is 0 Å². The fourth-order valence-corrected chi connectivity index (χ4v) is 1.55. The number of anilines is 2. The molecule has 0 saturated carbocycles. The molecule has 0 heterocycles. The van der Waals surface area contributed by atoms with Crippen LogP contribution in [-0.4, -0.2) is 16.2 Å². The highest BCUT2D eigenvalue weighted by atomic mass is 16.3. The van der Waals surface area contributed by atoms with Crippen LogP contribution in [0.1, 0.15) is 41.5 Å². The highest BCUT2D eigenvalue weighted by Crippen LogP contribution is 2.34. The summed E-state index contributed by atoms with van der Waals surface area (Å²) in [6.45, 7) is 12.4. The van der Waals surface area contributed by atoms with Gasteiger partial charge in [-0.2, -0.15) is 0 Å². The second kappa shape index (κ2) is 4.47. The molecule has 17 heavy (non-hydrogen) atoms. The number of aromatic hydroxyl groups is 1. The largest absolute Gasteiger partial charge is 0.504 e. The molecule has 1 aromatic carbocycles. The van der Waals surface area contributed by atoms with E-state index < -0.39 is 0 Å². The van der Waals surface area contributed by atoms with E-state index in [0.29, 0.717) is 0 Å². The van der Waals surface area contributed by atoms with Crippen molar-refractivity contribution >= 4 is 11.4 Å². The first-order valence-corrected chi connectivity index (χ1v) is 5.97. The Morgan fingerprint density at radius 2 is 1.18 bits per heavy atom. The molecule has 3 nitrogen and oxygen atoms in total. The van der Waals surface area contributed by atoms with Crippen molar-refractivity contribution < 1.29 is 5.11 Å². The van der Waals surface area contributed by atoms with Gasteiger partial charge in [0.2, 0.25) is 0 Å². The van der Waals surface area contributed by atoms with E-state index in [0.717, 1.165) is 11.4 Å². The summed E-state index contributed by atoms with van der Waals surface area (Å²) in [5.74, 6) is 0.275. The molecule has 3 N–H and O–H groups in total.